The Labute approximate surface area is 156 Å². The van der Waals surface area contributed by atoms with Gasteiger partial charge in [0.1, 0.15) is 11.4 Å². The van der Waals surface area contributed by atoms with Crippen molar-refractivity contribution < 1.29 is 9.18 Å². The highest BCUT2D eigenvalue weighted by molar-refractivity contribution is 8.00. The van der Waals surface area contributed by atoms with E-state index < -0.39 is 5.54 Å². The van der Waals surface area contributed by atoms with Crippen LogP contribution in [0.5, 0.6) is 0 Å². The van der Waals surface area contributed by atoms with E-state index in [2.05, 4.69) is 21.4 Å². The normalized spacial score (nSPS) is 17.3. The zero-order valence-electron chi connectivity index (χ0n) is 14.6. The van der Waals surface area contributed by atoms with Crippen LogP contribution in [0.4, 0.5) is 4.39 Å². The molecule has 136 valence electrons. The number of thioether (sulfide) groups is 1. The first-order valence-electron chi connectivity index (χ1n) is 8.72. The predicted molar refractivity (Wildman–Crippen MR) is 98.9 cm³/mol. The first-order chi connectivity index (χ1) is 12.5. The van der Waals surface area contributed by atoms with Crippen LogP contribution in [-0.4, -0.2) is 26.7 Å². The van der Waals surface area contributed by atoms with E-state index in [4.69, 9.17) is 0 Å². The molecule has 1 amide bonds. The van der Waals surface area contributed by atoms with Gasteiger partial charge in [-0.05, 0) is 49.6 Å². The highest BCUT2D eigenvalue weighted by Crippen LogP contribution is 2.29. The van der Waals surface area contributed by atoms with E-state index in [0.717, 1.165) is 30.5 Å². The molecule has 3 rings (SSSR count). The van der Waals surface area contributed by atoms with E-state index in [-0.39, 0.29) is 17.0 Å². The zero-order chi connectivity index (χ0) is 18.6. The van der Waals surface area contributed by atoms with Crippen molar-refractivity contribution in [2.45, 2.75) is 55.0 Å². The van der Waals surface area contributed by atoms with Crippen LogP contribution in [0, 0.1) is 17.1 Å². The number of halogens is 1. The number of carbonyl (C=O) groups excluding carboxylic acids is 1. The van der Waals surface area contributed by atoms with E-state index in [1.54, 1.807) is 25.3 Å². The van der Waals surface area contributed by atoms with Crippen LogP contribution in [0.2, 0.25) is 0 Å². The Morgan fingerprint density at radius 1 is 1.35 bits per heavy atom. The summed E-state index contributed by atoms with van der Waals surface area (Å²) in [6, 6.07) is 8.44. The minimum absolute atomic E-state index is 0.154. The van der Waals surface area contributed by atoms with Crippen LogP contribution >= 0.6 is 11.8 Å². The Hall–Kier alpha value is -2.33. The third kappa shape index (κ3) is 4.25. The van der Waals surface area contributed by atoms with E-state index in [9.17, 15) is 14.4 Å². The number of nitrogens with zero attached hydrogens (tertiary/aromatic N) is 2. The van der Waals surface area contributed by atoms with Crippen LogP contribution in [0.1, 0.15) is 39.0 Å². The molecule has 0 saturated heterocycles. The van der Waals surface area contributed by atoms with E-state index in [0.29, 0.717) is 18.0 Å². The van der Waals surface area contributed by atoms with Crippen molar-refractivity contribution in [3.05, 3.63) is 36.3 Å². The Bertz CT molecular complexity index is 806. The molecule has 5 nitrogen and oxygen atoms in total. The molecule has 0 aliphatic heterocycles. The van der Waals surface area contributed by atoms with Gasteiger partial charge in [-0.15, -0.1) is 0 Å². The van der Waals surface area contributed by atoms with Gasteiger partial charge in [0, 0.05) is 0 Å². The lowest BCUT2D eigenvalue weighted by Crippen LogP contribution is -2.50. The molecule has 1 aliphatic carbocycles. The lowest BCUT2D eigenvalue weighted by atomic mass is 9.83. The summed E-state index contributed by atoms with van der Waals surface area (Å²) in [7, 11) is 0. The van der Waals surface area contributed by atoms with Crippen LogP contribution in [-0.2, 0) is 4.79 Å². The van der Waals surface area contributed by atoms with Crippen molar-refractivity contribution in [1.82, 2.24) is 15.3 Å². The fraction of sp³-hybridized carbons (Fsp3) is 0.421. The average Bonchev–Trinajstić information content (AvgIpc) is 3.11. The summed E-state index contributed by atoms with van der Waals surface area (Å²) in [6.07, 6.45) is 6.13. The van der Waals surface area contributed by atoms with E-state index >= 15 is 0 Å². The topological polar surface area (TPSA) is 81.6 Å². The number of nitriles is 1. The summed E-state index contributed by atoms with van der Waals surface area (Å²) in [5, 5.41) is 12.7. The number of amides is 1. The summed E-state index contributed by atoms with van der Waals surface area (Å²) in [5.41, 5.74) is 0.862. The molecule has 0 radical (unpaired) electrons. The molecule has 0 bridgehead atoms. The molecule has 2 N–H and O–H groups in total. The molecular formula is C19H21FN4OS. The van der Waals surface area contributed by atoms with Gasteiger partial charge in [0.15, 0.2) is 5.16 Å². The summed E-state index contributed by atoms with van der Waals surface area (Å²) < 4.78 is 13.0. The summed E-state index contributed by atoms with van der Waals surface area (Å²) in [6.45, 7) is 1.80. The van der Waals surface area contributed by atoms with Gasteiger partial charge in [-0.1, -0.05) is 31.0 Å². The number of imidazole rings is 1. The van der Waals surface area contributed by atoms with Crippen LogP contribution < -0.4 is 5.32 Å². The van der Waals surface area contributed by atoms with Crippen LogP contribution in [0.25, 0.3) is 11.3 Å². The minimum Gasteiger partial charge on any atom is -0.337 e. The van der Waals surface area contributed by atoms with Gasteiger partial charge in [0.2, 0.25) is 5.91 Å². The van der Waals surface area contributed by atoms with Crippen molar-refractivity contribution in [3.63, 3.8) is 0 Å². The lowest BCUT2D eigenvalue weighted by molar-refractivity contribution is -0.121. The second-order valence-electron chi connectivity index (χ2n) is 6.61. The molecule has 2 aromatic rings. The molecule has 7 heteroatoms. The van der Waals surface area contributed by atoms with Crippen molar-refractivity contribution in [1.29, 1.82) is 5.26 Å². The molecule has 26 heavy (non-hydrogen) atoms. The summed E-state index contributed by atoms with van der Waals surface area (Å²) in [5.74, 6) is -0.444. The van der Waals surface area contributed by atoms with Crippen molar-refractivity contribution in [2.24, 2.45) is 0 Å². The fourth-order valence-electron chi connectivity index (χ4n) is 3.12. The fourth-order valence-corrected chi connectivity index (χ4v) is 3.90. The molecule has 1 fully saturated rings. The van der Waals surface area contributed by atoms with Crippen molar-refractivity contribution in [2.75, 3.05) is 0 Å². The summed E-state index contributed by atoms with van der Waals surface area (Å²) in [4.78, 5) is 20.0. The highest BCUT2D eigenvalue weighted by atomic mass is 32.2. The number of hydrogen-bond donors (Lipinski definition) is 2. The van der Waals surface area contributed by atoms with Gasteiger partial charge in [0.05, 0.1) is 23.2 Å². The maximum absolute atomic E-state index is 13.0. The third-order valence-electron chi connectivity index (χ3n) is 4.65. The number of H-pyrrole nitrogens is 1. The van der Waals surface area contributed by atoms with Crippen LogP contribution in [0.15, 0.2) is 35.6 Å². The Kier molecular flexibility index (Phi) is 5.62. The first-order valence-corrected chi connectivity index (χ1v) is 9.60. The molecule has 1 saturated carbocycles. The zero-order valence-corrected chi connectivity index (χ0v) is 15.4. The van der Waals surface area contributed by atoms with E-state index in [1.165, 1.54) is 23.9 Å². The molecule has 1 atom stereocenters. The SMILES string of the molecule is CC(Sc1ncc(-c2ccc(F)cc2)[nH]1)C(=O)NC1(C#N)CCCCC1. The van der Waals surface area contributed by atoms with Gasteiger partial charge >= 0.3 is 0 Å². The highest BCUT2D eigenvalue weighted by Gasteiger charge is 2.35. The first kappa shape index (κ1) is 18.5. The standard InChI is InChI=1S/C19H21FN4OS/c1-13(17(25)24-19(12-21)9-3-2-4-10-19)26-18-22-11-16(23-18)14-5-7-15(20)8-6-14/h5-8,11,13H,2-4,9-10H2,1H3,(H,22,23)(H,24,25). The Balaban J connectivity index is 1.62. The number of aromatic nitrogens is 2. The van der Waals surface area contributed by atoms with Gasteiger partial charge in [-0.3, -0.25) is 4.79 Å². The number of nitrogens with one attached hydrogen (secondary N) is 2. The maximum atomic E-state index is 13.0. The van der Waals surface area contributed by atoms with E-state index in [1.807, 2.05) is 0 Å². The molecule has 1 aliphatic rings. The Morgan fingerprint density at radius 2 is 2.04 bits per heavy atom. The minimum atomic E-state index is -0.730. The molecule has 0 spiro atoms. The second-order valence-corrected chi connectivity index (χ2v) is 7.94. The second kappa shape index (κ2) is 7.92. The number of rotatable bonds is 5. The van der Waals surface area contributed by atoms with Crippen molar-refractivity contribution >= 4 is 17.7 Å². The molecule has 1 aromatic carbocycles. The predicted octanol–water partition coefficient (Wildman–Crippen LogP) is 4.04. The summed E-state index contributed by atoms with van der Waals surface area (Å²) >= 11 is 1.31. The molecular weight excluding hydrogens is 351 g/mol. The number of hydrogen-bond acceptors (Lipinski definition) is 4. The molecule has 1 aromatic heterocycles. The number of aromatic amines is 1. The van der Waals surface area contributed by atoms with Gasteiger partial charge in [-0.2, -0.15) is 5.26 Å². The molecule has 1 unspecified atom stereocenters. The maximum Gasteiger partial charge on any atom is 0.234 e. The molecule has 1 heterocycles. The lowest BCUT2D eigenvalue weighted by Gasteiger charge is -2.32. The van der Waals surface area contributed by atoms with Crippen molar-refractivity contribution in [3.8, 4) is 17.3 Å². The van der Waals surface area contributed by atoms with Gasteiger partial charge < -0.3 is 10.3 Å². The smallest absolute Gasteiger partial charge is 0.234 e. The number of benzene rings is 1. The third-order valence-corrected chi connectivity index (χ3v) is 5.65. The largest absolute Gasteiger partial charge is 0.337 e. The number of carbonyl (C=O) groups is 1. The quantitative estimate of drug-likeness (QED) is 0.776. The van der Waals surface area contributed by atoms with Crippen LogP contribution in [0.3, 0.4) is 0 Å². The Morgan fingerprint density at radius 3 is 2.69 bits per heavy atom. The average molecular weight is 372 g/mol. The van der Waals surface area contributed by atoms with Gasteiger partial charge in [-0.25, -0.2) is 9.37 Å². The monoisotopic (exact) mass is 372 g/mol. The van der Waals surface area contributed by atoms with Gasteiger partial charge in [0.25, 0.3) is 0 Å².